The van der Waals surface area contributed by atoms with Crippen LogP contribution >= 0.6 is 11.3 Å². The Labute approximate surface area is 117 Å². The Kier molecular flexibility index (Phi) is 3.80. The average molecular weight is 274 g/mol. The highest BCUT2D eigenvalue weighted by molar-refractivity contribution is 7.09. The van der Waals surface area contributed by atoms with Crippen molar-refractivity contribution in [2.24, 2.45) is 0 Å². The molecule has 19 heavy (non-hydrogen) atoms. The minimum absolute atomic E-state index is 0.546. The highest BCUT2D eigenvalue weighted by Gasteiger charge is 2.19. The SMILES string of the molecule is Cc1nc(COc2ccc(CNC3CC3)cc2)cs1. The molecule has 1 N–H and O–H groups in total. The topological polar surface area (TPSA) is 34.1 Å². The third-order valence-electron chi connectivity index (χ3n) is 3.15. The summed E-state index contributed by atoms with van der Waals surface area (Å²) in [6.07, 6.45) is 2.66. The third-order valence-corrected chi connectivity index (χ3v) is 3.97. The summed E-state index contributed by atoms with van der Waals surface area (Å²) in [4.78, 5) is 4.38. The van der Waals surface area contributed by atoms with Crippen LogP contribution in [0.2, 0.25) is 0 Å². The van der Waals surface area contributed by atoms with Crippen molar-refractivity contribution in [2.45, 2.75) is 39.0 Å². The molecule has 0 bridgehead atoms. The monoisotopic (exact) mass is 274 g/mol. The molecule has 1 fully saturated rings. The van der Waals surface area contributed by atoms with Crippen LogP contribution in [0, 0.1) is 6.92 Å². The number of aryl methyl sites for hydroxylation is 1. The molecule has 1 aromatic carbocycles. The first-order valence-corrected chi connectivity index (χ1v) is 7.54. The van der Waals surface area contributed by atoms with Gasteiger partial charge in [0.25, 0.3) is 0 Å². The lowest BCUT2D eigenvalue weighted by Gasteiger charge is -2.06. The molecular weight excluding hydrogens is 256 g/mol. The second kappa shape index (κ2) is 5.72. The number of nitrogens with zero attached hydrogens (tertiary/aromatic N) is 1. The Hall–Kier alpha value is -1.39. The average Bonchev–Trinajstić information content (AvgIpc) is 3.17. The summed E-state index contributed by atoms with van der Waals surface area (Å²) < 4.78 is 5.72. The van der Waals surface area contributed by atoms with E-state index < -0.39 is 0 Å². The van der Waals surface area contributed by atoms with Gasteiger partial charge in [-0.05, 0) is 37.5 Å². The van der Waals surface area contributed by atoms with Gasteiger partial charge in [-0.25, -0.2) is 4.98 Å². The Morgan fingerprint density at radius 3 is 2.74 bits per heavy atom. The van der Waals surface area contributed by atoms with E-state index in [9.17, 15) is 0 Å². The minimum Gasteiger partial charge on any atom is -0.487 e. The number of hydrogen-bond acceptors (Lipinski definition) is 4. The fraction of sp³-hybridized carbons (Fsp3) is 0.400. The van der Waals surface area contributed by atoms with Crippen LogP contribution < -0.4 is 10.1 Å². The number of aromatic nitrogens is 1. The van der Waals surface area contributed by atoms with Crippen molar-refractivity contribution in [3.63, 3.8) is 0 Å². The molecule has 2 aromatic rings. The summed E-state index contributed by atoms with van der Waals surface area (Å²) >= 11 is 1.66. The number of rotatable bonds is 6. The molecule has 4 heteroatoms. The number of ether oxygens (including phenoxy) is 1. The van der Waals surface area contributed by atoms with Crippen molar-refractivity contribution in [3.05, 3.63) is 45.9 Å². The molecule has 0 spiro atoms. The van der Waals surface area contributed by atoms with Gasteiger partial charge in [-0.3, -0.25) is 0 Å². The minimum atomic E-state index is 0.546. The standard InChI is InChI=1S/C15H18N2OS/c1-11-17-14(10-19-11)9-18-15-6-2-12(3-7-15)8-16-13-4-5-13/h2-3,6-7,10,13,16H,4-5,8-9H2,1H3. The maximum absolute atomic E-state index is 5.72. The fourth-order valence-electron chi connectivity index (χ4n) is 1.88. The maximum Gasteiger partial charge on any atom is 0.131 e. The fourth-order valence-corrected chi connectivity index (χ4v) is 2.48. The number of benzene rings is 1. The second-order valence-corrected chi connectivity index (χ2v) is 6.01. The van der Waals surface area contributed by atoms with Crippen molar-refractivity contribution in [3.8, 4) is 5.75 Å². The Balaban J connectivity index is 1.50. The molecule has 3 rings (SSSR count). The molecule has 3 nitrogen and oxygen atoms in total. The van der Waals surface area contributed by atoms with Gasteiger partial charge >= 0.3 is 0 Å². The van der Waals surface area contributed by atoms with E-state index in [-0.39, 0.29) is 0 Å². The number of thiazole rings is 1. The molecule has 0 atom stereocenters. The van der Waals surface area contributed by atoms with E-state index in [2.05, 4.69) is 22.4 Å². The molecule has 0 amide bonds. The summed E-state index contributed by atoms with van der Waals surface area (Å²) in [7, 11) is 0. The van der Waals surface area contributed by atoms with Crippen LogP contribution in [-0.4, -0.2) is 11.0 Å². The summed E-state index contributed by atoms with van der Waals surface area (Å²) in [6, 6.07) is 9.06. The Morgan fingerprint density at radius 1 is 1.32 bits per heavy atom. The van der Waals surface area contributed by atoms with E-state index in [1.165, 1.54) is 18.4 Å². The number of hydrogen-bond donors (Lipinski definition) is 1. The zero-order valence-electron chi connectivity index (χ0n) is 11.1. The summed E-state index contributed by atoms with van der Waals surface area (Å²) in [5.74, 6) is 0.904. The maximum atomic E-state index is 5.72. The van der Waals surface area contributed by atoms with Gasteiger partial charge in [-0.15, -0.1) is 11.3 Å². The first-order valence-electron chi connectivity index (χ1n) is 6.66. The van der Waals surface area contributed by atoms with Gasteiger partial charge in [0.1, 0.15) is 12.4 Å². The first kappa shape index (κ1) is 12.6. The normalized spacial score (nSPS) is 14.6. The molecule has 100 valence electrons. The van der Waals surface area contributed by atoms with E-state index in [1.807, 2.05) is 24.4 Å². The zero-order valence-corrected chi connectivity index (χ0v) is 11.9. The molecule has 1 saturated carbocycles. The summed E-state index contributed by atoms with van der Waals surface area (Å²) in [5.41, 5.74) is 2.31. The van der Waals surface area contributed by atoms with Crippen LogP contribution in [0.15, 0.2) is 29.6 Å². The lowest BCUT2D eigenvalue weighted by molar-refractivity contribution is 0.302. The van der Waals surface area contributed by atoms with Crippen LogP contribution in [-0.2, 0) is 13.2 Å². The van der Waals surface area contributed by atoms with Crippen molar-refractivity contribution in [1.29, 1.82) is 0 Å². The predicted molar refractivity (Wildman–Crippen MR) is 77.5 cm³/mol. The highest BCUT2D eigenvalue weighted by atomic mass is 32.1. The predicted octanol–water partition coefficient (Wildman–Crippen LogP) is 3.28. The number of nitrogens with one attached hydrogen (secondary N) is 1. The molecule has 0 unspecified atom stereocenters. The van der Waals surface area contributed by atoms with Crippen molar-refractivity contribution >= 4 is 11.3 Å². The van der Waals surface area contributed by atoms with Gasteiger partial charge < -0.3 is 10.1 Å². The molecule has 0 aliphatic heterocycles. The molecule has 1 aliphatic rings. The van der Waals surface area contributed by atoms with Crippen LogP contribution in [0.4, 0.5) is 0 Å². The summed E-state index contributed by atoms with van der Waals surface area (Å²) in [5, 5.41) is 6.63. The van der Waals surface area contributed by atoms with E-state index >= 15 is 0 Å². The van der Waals surface area contributed by atoms with Gasteiger partial charge in [-0.2, -0.15) is 0 Å². The first-order chi connectivity index (χ1) is 9.29. The van der Waals surface area contributed by atoms with E-state index in [1.54, 1.807) is 11.3 Å². The lowest BCUT2D eigenvalue weighted by Crippen LogP contribution is -2.15. The van der Waals surface area contributed by atoms with Crippen LogP contribution in [0.25, 0.3) is 0 Å². The van der Waals surface area contributed by atoms with Crippen LogP contribution in [0.1, 0.15) is 29.1 Å². The second-order valence-electron chi connectivity index (χ2n) is 4.95. The van der Waals surface area contributed by atoms with Crippen molar-refractivity contribution in [2.75, 3.05) is 0 Å². The van der Waals surface area contributed by atoms with Gasteiger partial charge in [0, 0.05) is 18.0 Å². The van der Waals surface area contributed by atoms with E-state index in [4.69, 9.17) is 4.74 Å². The van der Waals surface area contributed by atoms with E-state index in [0.717, 1.165) is 29.0 Å². The molecule has 1 heterocycles. The molecule has 1 aromatic heterocycles. The highest BCUT2D eigenvalue weighted by Crippen LogP contribution is 2.20. The lowest BCUT2D eigenvalue weighted by atomic mass is 10.2. The molecule has 0 saturated heterocycles. The zero-order chi connectivity index (χ0) is 13.1. The quantitative estimate of drug-likeness (QED) is 0.877. The van der Waals surface area contributed by atoms with E-state index in [0.29, 0.717) is 6.61 Å². The Bertz CT molecular complexity index is 531. The van der Waals surface area contributed by atoms with Gasteiger partial charge in [0.15, 0.2) is 0 Å². The Morgan fingerprint density at radius 2 is 2.11 bits per heavy atom. The smallest absolute Gasteiger partial charge is 0.131 e. The largest absolute Gasteiger partial charge is 0.487 e. The summed E-state index contributed by atoms with van der Waals surface area (Å²) in [6.45, 7) is 3.51. The van der Waals surface area contributed by atoms with Crippen LogP contribution in [0.3, 0.4) is 0 Å². The van der Waals surface area contributed by atoms with Gasteiger partial charge in [0.2, 0.25) is 0 Å². The van der Waals surface area contributed by atoms with Crippen LogP contribution in [0.5, 0.6) is 5.75 Å². The molecular formula is C15H18N2OS. The molecule has 0 radical (unpaired) electrons. The van der Waals surface area contributed by atoms with Crippen molar-refractivity contribution < 1.29 is 4.74 Å². The van der Waals surface area contributed by atoms with Gasteiger partial charge in [0.05, 0.1) is 10.7 Å². The third kappa shape index (κ3) is 3.78. The molecule has 1 aliphatic carbocycles. The van der Waals surface area contributed by atoms with Crippen molar-refractivity contribution in [1.82, 2.24) is 10.3 Å². The van der Waals surface area contributed by atoms with Gasteiger partial charge in [-0.1, -0.05) is 12.1 Å².